The summed E-state index contributed by atoms with van der Waals surface area (Å²) < 4.78 is 0. The van der Waals surface area contributed by atoms with E-state index in [2.05, 4.69) is 54.1 Å². The Bertz CT molecular complexity index is 638. The lowest BCUT2D eigenvalue weighted by molar-refractivity contribution is -0.124. The summed E-state index contributed by atoms with van der Waals surface area (Å²) in [4.78, 5) is 12.9. The van der Waals surface area contributed by atoms with Gasteiger partial charge in [0.2, 0.25) is 5.91 Å². The van der Waals surface area contributed by atoms with Crippen molar-refractivity contribution in [3.05, 3.63) is 35.4 Å². The first-order valence-electron chi connectivity index (χ1n) is 10.3. The van der Waals surface area contributed by atoms with Crippen molar-refractivity contribution in [3.8, 4) is 0 Å². The highest BCUT2D eigenvalue weighted by molar-refractivity contribution is 5.82. The minimum atomic E-state index is -0.157. The first kappa shape index (κ1) is 18.0. The Morgan fingerprint density at radius 2 is 1.85 bits per heavy atom. The van der Waals surface area contributed by atoms with E-state index >= 15 is 0 Å². The standard InChI is InChI=1S/C22H33N3O/c1-21(2,13-16-11-17-5-3-4-6-18(17)12-16)25-20(26)19-14-22(15-24-19)7-9-23-10-8-22/h3-6,16,19,23-24H,7-15H2,1-2H3,(H,25,26)/t19-/m1/s1. The van der Waals surface area contributed by atoms with Gasteiger partial charge >= 0.3 is 0 Å². The molecule has 0 saturated carbocycles. The van der Waals surface area contributed by atoms with Crippen LogP contribution in [0, 0.1) is 11.3 Å². The van der Waals surface area contributed by atoms with Crippen LogP contribution in [0.3, 0.4) is 0 Å². The molecule has 1 aliphatic carbocycles. The average Bonchev–Trinajstić information content (AvgIpc) is 3.18. The minimum Gasteiger partial charge on any atom is -0.350 e. The first-order valence-corrected chi connectivity index (χ1v) is 10.3. The van der Waals surface area contributed by atoms with Crippen LogP contribution in [0.2, 0.25) is 0 Å². The number of hydrogen-bond acceptors (Lipinski definition) is 3. The molecule has 4 nitrogen and oxygen atoms in total. The van der Waals surface area contributed by atoms with Gasteiger partial charge in [0.15, 0.2) is 0 Å². The van der Waals surface area contributed by atoms with Gasteiger partial charge in [-0.05, 0) is 87.9 Å². The predicted molar refractivity (Wildman–Crippen MR) is 105 cm³/mol. The smallest absolute Gasteiger partial charge is 0.237 e. The van der Waals surface area contributed by atoms with Gasteiger partial charge < -0.3 is 16.0 Å². The summed E-state index contributed by atoms with van der Waals surface area (Å²) in [5.41, 5.74) is 3.16. The van der Waals surface area contributed by atoms with Crippen LogP contribution in [0.25, 0.3) is 0 Å². The van der Waals surface area contributed by atoms with E-state index < -0.39 is 0 Å². The van der Waals surface area contributed by atoms with E-state index in [0.717, 1.165) is 45.3 Å². The largest absolute Gasteiger partial charge is 0.350 e. The summed E-state index contributed by atoms with van der Waals surface area (Å²) in [5, 5.41) is 10.3. The van der Waals surface area contributed by atoms with Gasteiger partial charge in [-0.25, -0.2) is 0 Å². The van der Waals surface area contributed by atoms with Crippen LogP contribution in [0.4, 0.5) is 0 Å². The second kappa shape index (κ2) is 6.97. The number of rotatable bonds is 4. The molecule has 0 unspecified atom stereocenters. The number of nitrogens with one attached hydrogen (secondary N) is 3. The fraction of sp³-hybridized carbons (Fsp3) is 0.682. The van der Waals surface area contributed by atoms with Crippen molar-refractivity contribution >= 4 is 5.91 Å². The summed E-state index contributed by atoms with van der Waals surface area (Å²) in [6, 6.07) is 8.75. The van der Waals surface area contributed by atoms with E-state index in [1.165, 1.54) is 24.0 Å². The van der Waals surface area contributed by atoms with Crippen molar-refractivity contribution in [2.75, 3.05) is 19.6 Å². The van der Waals surface area contributed by atoms with Crippen molar-refractivity contribution in [1.29, 1.82) is 0 Å². The molecule has 1 amide bonds. The van der Waals surface area contributed by atoms with Crippen molar-refractivity contribution in [2.45, 2.75) is 64.0 Å². The van der Waals surface area contributed by atoms with Crippen molar-refractivity contribution in [1.82, 2.24) is 16.0 Å². The van der Waals surface area contributed by atoms with Gasteiger partial charge in [0.1, 0.15) is 0 Å². The fourth-order valence-electron chi connectivity index (χ4n) is 5.43. The predicted octanol–water partition coefficient (Wildman–Crippen LogP) is 2.42. The van der Waals surface area contributed by atoms with Gasteiger partial charge in [0.25, 0.3) is 0 Å². The minimum absolute atomic E-state index is 0.0202. The quantitative estimate of drug-likeness (QED) is 0.777. The Balaban J connectivity index is 1.31. The van der Waals surface area contributed by atoms with Crippen molar-refractivity contribution in [3.63, 3.8) is 0 Å². The molecule has 3 aliphatic rings. The van der Waals surface area contributed by atoms with E-state index in [4.69, 9.17) is 0 Å². The molecule has 142 valence electrons. The van der Waals surface area contributed by atoms with E-state index in [0.29, 0.717) is 11.3 Å². The third-order valence-corrected chi connectivity index (χ3v) is 6.74. The van der Waals surface area contributed by atoms with Gasteiger partial charge in [-0.3, -0.25) is 4.79 Å². The molecule has 2 saturated heterocycles. The van der Waals surface area contributed by atoms with Crippen molar-refractivity contribution < 1.29 is 4.79 Å². The second-order valence-electron chi connectivity index (χ2n) is 9.51. The molecule has 4 rings (SSSR count). The molecule has 1 spiro atoms. The highest BCUT2D eigenvalue weighted by atomic mass is 16.2. The summed E-state index contributed by atoms with van der Waals surface area (Å²) in [6.07, 6.45) is 6.70. The van der Waals surface area contributed by atoms with Crippen LogP contribution in [0.5, 0.6) is 0 Å². The number of amides is 1. The van der Waals surface area contributed by atoms with Gasteiger partial charge in [-0.2, -0.15) is 0 Å². The van der Waals surface area contributed by atoms with Gasteiger partial charge in [-0.15, -0.1) is 0 Å². The Morgan fingerprint density at radius 1 is 1.19 bits per heavy atom. The van der Waals surface area contributed by atoms with Gasteiger partial charge in [-0.1, -0.05) is 24.3 Å². The highest BCUT2D eigenvalue weighted by Crippen LogP contribution is 2.38. The molecule has 1 atom stereocenters. The van der Waals surface area contributed by atoms with E-state index in [-0.39, 0.29) is 17.5 Å². The van der Waals surface area contributed by atoms with Crippen molar-refractivity contribution in [2.24, 2.45) is 11.3 Å². The van der Waals surface area contributed by atoms with E-state index in [9.17, 15) is 4.79 Å². The molecular weight excluding hydrogens is 322 g/mol. The Labute approximate surface area is 157 Å². The van der Waals surface area contributed by atoms with E-state index in [1.54, 1.807) is 0 Å². The number of fused-ring (bicyclic) bond motifs is 1. The van der Waals surface area contributed by atoms with Crippen LogP contribution < -0.4 is 16.0 Å². The summed E-state index contributed by atoms with van der Waals surface area (Å²) in [5.74, 6) is 0.830. The lowest BCUT2D eigenvalue weighted by Gasteiger charge is -2.33. The normalized spacial score (nSPS) is 25.4. The Kier molecular flexibility index (Phi) is 4.83. The zero-order valence-corrected chi connectivity index (χ0v) is 16.2. The third kappa shape index (κ3) is 3.81. The molecular formula is C22H33N3O. The number of benzene rings is 1. The monoisotopic (exact) mass is 355 g/mol. The Morgan fingerprint density at radius 3 is 2.50 bits per heavy atom. The van der Waals surface area contributed by atoms with Crippen LogP contribution in [-0.4, -0.2) is 37.1 Å². The number of carbonyl (C=O) groups excluding carboxylic acids is 1. The van der Waals surface area contributed by atoms with E-state index in [1.807, 2.05) is 0 Å². The molecule has 0 radical (unpaired) electrons. The molecule has 3 N–H and O–H groups in total. The molecule has 4 heteroatoms. The maximum absolute atomic E-state index is 12.9. The molecule has 26 heavy (non-hydrogen) atoms. The lowest BCUT2D eigenvalue weighted by atomic mass is 9.77. The zero-order chi connectivity index (χ0) is 18.2. The Hall–Kier alpha value is -1.39. The second-order valence-corrected chi connectivity index (χ2v) is 9.51. The maximum Gasteiger partial charge on any atom is 0.237 e. The fourth-order valence-corrected chi connectivity index (χ4v) is 5.43. The third-order valence-electron chi connectivity index (χ3n) is 6.74. The summed E-state index contributed by atoms with van der Waals surface area (Å²) in [7, 11) is 0. The summed E-state index contributed by atoms with van der Waals surface area (Å²) >= 11 is 0. The number of carbonyl (C=O) groups is 1. The van der Waals surface area contributed by atoms with Crippen LogP contribution in [0.1, 0.15) is 50.7 Å². The van der Waals surface area contributed by atoms with Crippen LogP contribution in [-0.2, 0) is 17.6 Å². The number of hydrogen-bond donors (Lipinski definition) is 3. The highest BCUT2D eigenvalue weighted by Gasteiger charge is 2.43. The maximum atomic E-state index is 12.9. The molecule has 2 fully saturated rings. The number of piperidine rings is 1. The van der Waals surface area contributed by atoms with Gasteiger partial charge in [0, 0.05) is 12.1 Å². The first-order chi connectivity index (χ1) is 12.4. The van der Waals surface area contributed by atoms with Crippen LogP contribution >= 0.6 is 0 Å². The average molecular weight is 356 g/mol. The molecule has 1 aromatic carbocycles. The molecule has 2 aliphatic heterocycles. The molecule has 2 heterocycles. The topological polar surface area (TPSA) is 53.2 Å². The lowest BCUT2D eigenvalue weighted by Crippen LogP contribution is -2.51. The zero-order valence-electron chi connectivity index (χ0n) is 16.2. The molecule has 0 aromatic heterocycles. The SMILES string of the molecule is CC(C)(CC1Cc2ccccc2C1)NC(=O)[C@H]1CC2(CCNCC2)CN1. The van der Waals surface area contributed by atoms with Crippen LogP contribution in [0.15, 0.2) is 24.3 Å². The molecule has 0 bridgehead atoms. The molecule has 1 aromatic rings. The summed E-state index contributed by atoms with van der Waals surface area (Å²) in [6.45, 7) is 7.53. The van der Waals surface area contributed by atoms with Gasteiger partial charge in [0.05, 0.1) is 6.04 Å².